The minimum absolute atomic E-state index is 0.0326. The third-order valence-corrected chi connectivity index (χ3v) is 5.57. The molecule has 6 nitrogen and oxygen atoms in total. The maximum absolute atomic E-state index is 13.2. The quantitative estimate of drug-likeness (QED) is 0.598. The van der Waals surface area contributed by atoms with Crippen LogP contribution in [0, 0.1) is 0 Å². The zero-order chi connectivity index (χ0) is 18.8. The Morgan fingerprint density at radius 1 is 1.38 bits per heavy atom. The predicted octanol–water partition coefficient (Wildman–Crippen LogP) is 2.33. The van der Waals surface area contributed by atoms with Crippen LogP contribution in [0.25, 0.3) is 0 Å². The molecule has 1 aromatic carbocycles. The number of ether oxygens (including phenoxy) is 1. The van der Waals surface area contributed by atoms with Gasteiger partial charge in [-0.1, -0.05) is 30.0 Å². The van der Waals surface area contributed by atoms with E-state index < -0.39 is 12.0 Å². The van der Waals surface area contributed by atoms with Gasteiger partial charge in [0.05, 0.1) is 23.5 Å². The number of hydrogen-bond acceptors (Lipinski definition) is 5. The van der Waals surface area contributed by atoms with E-state index in [1.807, 2.05) is 31.2 Å². The molecule has 0 radical (unpaired) electrons. The third kappa shape index (κ3) is 3.35. The molecular weight excluding hydrogens is 352 g/mol. The Kier molecular flexibility index (Phi) is 5.36. The third-order valence-electron chi connectivity index (χ3n) is 4.57. The zero-order valence-electron chi connectivity index (χ0n) is 15.1. The van der Waals surface area contributed by atoms with Crippen molar-refractivity contribution in [3.8, 4) is 0 Å². The maximum atomic E-state index is 13.2. The highest BCUT2D eigenvalue weighted by molar-refractivity contribution is 8.04. The second-order valence-electron chi connectivity index (χ2n) is 6.35. The molecule has 2 atom stereocenters. The molecule has 2 aliphatic rings. The first-order chi connectivity index (χ1) is 12.4. The van der Waals surface area contributed by atoms with Crippen molar-refractivity contribution in [3.63, 3.8) is 0 Å². The summed E-state index contributed by atoms with van der Waals surface area (Å²) < 4.78 is 4.93. The molecule has 3 rings (SSSR count). The van der Waals surface area contributed by atoms with Gasteiger partial charge in [0.1, 0.15) is 6.04 Å². The van der Waals surface area contributed by atoms with Crippen molar-refractivity contribution >= 4 is 35.2 Å². The second kappa shape index (κ2) is 7.53. The fourth-order valence-corrected chi connectivity index (χ4v) is 4.40. The molecular formula is C19H22N2O4S. The number of rotatable bonds is 4. The Balaban J connectivity index is 1.85. The molecule has 0 spiro atoms. The van der Waals surface area contributed by atoms with E-state index in [9.17, 15) is 14.4 Å². The molecule has 26 heavy (non-hydrogen) atoms. The second-order valence-corrected chi connectivity index (χ2v) is 7.35. The number of amides is 2. The Hall–Kier alpha value is -2.28. The van der Waals surface area contributed by atoms with Crippen molar-refractivity contribution in [2.75, 3.05) is 17.3 Å². The summed E-state index contributed by atoms with van der Waals surface area (Å²) in [4.78, 5) is 40.5. The van der Waals surface area contributed by atoms with E-state index >= 15 is 0 Å². The van der Waals surface area contributed by atoms with Crippen LogP contribution in [0.1, 0.15) is 26.3 Å². The van der Waals surface area contributed by atoms with Crippen molar-refractivity contribution in [2.24, 2.45) is 0 Å². The summed E-state index contributed by atoms with van der Waals surface area (Å²) in [5.41, 5.74) is 2.03. The van der Waals surface area contributed by atoms with Crippen LogP contribution >= 0.6 is 11.8 Å². The number of carbonyl (C=O) groups excluding carboxylic acids is 3. The minimum atomic E-state index is -0.688. The van der Waals surface area contributed by atoms with Gasteiger partial charge in [-0.2, -0.15) is 0 Å². The monoisotopic (exact) mass is 374 g/mol. The zero-order valence-corrected chi connectivity index (χ0v) is 15.9. The lowest BCUT2D eigenvalue weighted by Gasteiger charge is -2.31. The highest BCUT2D eigenvalue weighted by Crippen LogP contribution is 2.35. The Labute approximate surface area is 157 Å². The lowest BCUT2D eigenvalue weighted by molar-refractivity contribution is -0.137. The molecule has 2 heterocycles. The van der Waals surface area contributed by atoms with Gasteiger partial charge >= 0.3 is 5.97 Å². The number of nitrogens with zero attached hydrogens (tertiary/aromatic N) is 2. The van der Waals surface area contributed by atoms with Gasteiger partial charge in [0.15, 0.2) is 0 Å². The van der Waals surface area contributed by atoms with Crippen LogP contribution in [0.2, 0.25) is 0 Å². The number of hydrogen-bond donors (Lipinski definition) is 0. The summed E-state index contributed by atoms with van der Waals surface area (Å²) in [6.07, 6.45) is 2.09. The highest BCUT2D eigenvalue weighted by Gasteiger charge is 2.40. The molecule has 7 heteroatoms. The summed E-state index contributed by atoms with van der Waals surface area (Å²) >= 11 is 1.25. The molecule has 1 aromatic rings. The van der Waals surface area contributed by atoms with Gasteiger partial charge < -0.3 is 9.64 Å². The molecule has 2 unspecified atom stereocenters. The van der Waals surface area contributed by atoms with Gasteiger partial charge in [0.25, 0.3) is 0 Å². The SMILES string of the molecule is CCOC(=O)/C=C1\SCC(=O)N1C(C)C(=O)N1c2ccccc2CC1C. The lowest BCUT2D eigenvalue weighted by Crippen LogP contribution is -2.49. The standard InChI is InChI=1S/C19H22N2O4S/c1-4-25-18(23)10-17-21(16(22)11-26-17)13(3)19(24)20-12(2)9-14-7-5-6-8-15(14)20/h5-8,10,12-13H,4,9,11H2,1-3H3/b17-10-. The Morgan fingerprint density at radius 2 is 2.12 bits per heavy atom. The van der Waals surface area contributed by atoms with Crippen LogP contribution < -0.4 is 4.90 Å². The van der Waals surface area contributed by atoms with Gasteiger partial charge in [-0.15, -0.1) is 0 Å². The maximum Gasteiger partial charge on any atom is 0.333 e. The molecule has 1 fully saturated rings. The van der Waals surface area contributed by atoms with Crippen molar-refractivity contribution in [1.29, 1.82) is 0 Å². The van der Waals surface area contributed by atoms with Crippen molar-refractivity contribution in [1.82, 2.24) is 4.90 Å². The van der Waals surface area contributed by atoms with Gasteiger partial charge in [0, 0.05) is 11.7 Å². The molecule has 0 bridgehead atoms. The van der Waals surface area contributed by atoms with E-state index in [0.717, 1.165) is 17.7 Å². The van der Waals surface area contributed by atoms with E-state index in [4.69, 9.17) is 4.74 Å². The van der Waals surface area contributed by atoms with E-state index in [0.29, 0.717) is 5.03 Å². The van der Waals surface area contributed by atoms with Gasteiger partial charge in [-0.3, -0.25) is 14.5 Å². The average molecular weight is 374 g/mol. The first kappa shape index (κ1) is 18.5. The summed E-state index contributed by atoms with van der Waals surface area (Å²) in [7, 11) is 0. The molecule has 0 aliphatic carbocycles. The molecule has 138 valence electrons. The van der Waals surface area contributed by atoms with Crippen molar-refractivity contribution in [3.05, 3.63) is 40.9 Å². The van der Waals surface area contributed by atoms with E-state index in [1.54, 1.807) is 18.7 Å². The van der Waals surface area contributed by atoms with Crippen LogP contribution in [0.3, 0.4) is 0 Å². The van der Waals surface area contributed by atoms with E-state index in [2.05, 4.69) is 0 Å². The Bertz CT molecular complexity index is 777. The Morgan fingerprint density at radius 3 is 2.85 bits per heavy atom. The van der Waals surface area contributed by atoms with Crippen LogP contribution in [0.5, 0.6) is 0 Å². The molecule has 0 saturated carbocycles. The summed E-state index contributed by atoms with van der Waals surface area (Å²) in [5.74, 6) is -0.608. The van der Waals surface area contributed by atoms with E-state index in [1.165, 1.54) is 22.7 Å². The van der Waals surface area contributed by atoms with Crippen LogP contribution in [0.15, 0.2) is 35.4 Å². The molecule has 0 N–H and O–H groups in total. The van der Waals surface area contributed by atoms with Gasteiger partial charge in [-0.25, -0.2) is 4.79 Å². The number of benzene rings is 1. The lowest BCUT2D eigenvalue weighted by atomic mass is 10.1. The molecule has 0 aromatic heterocycles. The first-order valence-corrected chi connectivity index (χ1v) is 9.66. The van der Waals surface area contributed by atoms with Gasteiger partial charge in [0.2, 0.25) is 11.8 Å². The van der Waals surface area contributed by atoms with Crippen molar-refractivity contribution < 1.29 is 19.1 Å². The first-order valence-electron chi connectivity index (χ1n) is 8.68. The number of carbonyl (C=O) groups is 3. The fraction of sp³-hybridized carbons (Fsp3) is 0.421. The van der Waals surface area contributed by atoms with Crippen LogP contribution in [-0.2, 0) is 25.5 Å². The van der Waals surface area contributed by atoms with Crippen LogP contribution in [-0.4, -0.2) is 47.1 Å². The fourth-order valence-electron chi connectivity index (χ4n) is 3.41. The largest absolute Gasteiger partial charge is 0.463 e. The number of esters is 1. The van der Waals surface area contributed by atoms with Crippen LogP contribution in [0.4, 0.5) is 5.69 Å². The van der Waals surface area contributed by atoms with Gasteiger partial charge in [-0.05, 0) is 38.8 Å². The summed E-state index contributed by atoms with van der Waals surface area (Å²) in [5, 5.41) is 0.467. The molecule has 2 amide bonds. The average Bonchev–Trinajstić information content (AvgIpc) is 3.13. The molecule has 2 aliphatic heterocycles. The summed E-state index contributed by atoms with van der Waals surface area (Å²) in [6, 6.07) is 7.16. The highest BCUT2D eigenvalue weighted by atomic mass is 32.2. The normalized spacial score (nSPS) is 21.9. The van der Waals surface area contributed by atoms with E-state index in [-0.39, 0.29) is 30.2 Å². The van der Waals surface area contributed by atoms with Crippen molar-refractivity contribution in [2.45, 2.75) is 39.3 Å². The smallest absolute Gasteiger partial charge is 0.333 e. The minimum Gasteiger partial charge on any atom is -0.463 e. The predicted molar refractivity (Wildman–Crippen MR) is 101 cm³/mol. The topological polar surface area (TPSA) is 66.9 Å². The summed E-state index contributed by atoms with van der Waals surface area (Å²) in [6.45, 7) is 5.69. The number of fused-ring (bicyclic) bond motifs is 1. The number of anilines is 1. The number of thioether (sulfide) groups is 1. The number of para-hydroxylation sites is 1. The molecule has 1 saturated heterocycles.